The van der Waals surface area contributed by atoms with Gasteiger partial charge in [-0.15, -0.1) is 0 Å². The molecule has 0 spiro atoms. The van der Waals surface area contributed by atoms with Gasteiger partial charge in [0.2, 0.25) is 0 Å². The number of aromatic nitrogens is 1. The van der Waals surface area contributed by atoms with Crippen LogP contribution in [0.15, 0.2) is 48.7 Å². The first-order valence-electron chi connectivity index (χ1n) is 12.8. The quantitative estimate of drug-likeness (QED) is 0.433. The molecule has 1 atom stereocenters. The van der Waals surface area contributed by atoms with Crippen molar-refractivity contribution >= 4 is 28.9 Å². The fourth-order valence-corrected chi connectivity index (χ4v) is 5.67. The molecule has 0 radical (unpaired) electrons. The topological polar surface area (TPSA) is 35.0 Å². The van der Waals surface area contributed by atoms with Crippen molar-refractivity contribution in [2.75, 3.05) is 55.6 Å². The number of hydrogen-bond donors (Lipinski definition) is 0. The molecular weight excluding hydrogens is 515 g/mol. The van der Waals surface area contributed by atoms with Gasteiger partial charge in [0.25, 0.3) is 5.91 Å². The molecular formula is C28H31ClF3N5O. The minimum Gasteiger partial charge on any atom is -0.368 e. The van der Waals surface area contributed by atoms with Crippen LogP contribution < -0.4 is 9.80 Å². The highest BCUT2D eigenvalue weighted by Gasteiger charge is 2.30. The van der Waals surface area contributed by atoms with Crippen molar-refractivity contribution in [2.24, 2.45) is 7.05 Å². The average Bonchev–Trinajstić information content (AvgIpc) is 3.27. The van der Waals surface area contributed by atoms with Crippen LogP contribution >= 0.6 is 11.6 Å². The molecule has 6 nitrogen and oxygen atoms in total. The van der Waals surface area contributed by atoms with Gasteiger partial charge in [0, 0.05) is 89.5 Å². The normalized spacial score (nSPS) is 18.8. The van der Waals surface area contributed by atoms with Crippen LogP contribution in [0.3, 0.4) is 0 Å². The van der Waals surface area contributed by atoms with Crippen molar-refractivity contribution < 1.29 is 18.0 Å². The van der Waals surface area contributed by atoms with E-state index in [1.807, 2.05) is 55.1 Å². The predicted molar refractivity (Wildman–Crippen MR) is 143 cm³/mol. The average molecular weight is 546 g/mol. The zero-order valence-electron chi connectivity index (χ0n) is 21.5. The van der Waals surface area contributed by atoms with Gasteiger partial charge in [-0.25, -0.2) is 13.2 Å². The Morgan fingerprint density at radius 3 is 2.26 bits per heavy atom. The van der Waals surface area contributed by atoms with Crippen LogP contribution in [-0.2, 0) is 13.6 Å². The fourth-order valence-electron chi connectivity index (χ4n) is 5.41. The number of benzene rings is 2. The maximum absolute atomic E-state index is 13.7. The highest BCUT2D eigenvalue weighted by molar-refractivity contribution is 6.33. The van der Waals surface area contributed by atoms with Crippen LogP contribution in [0.4, 0.5) is 24.5 Å². The molecule has 1 amide bonds. The van der Waals surface area contributed by atoms with E-state index < -0.39 is 17.5 Å². The Kier molecular flexibility index (Phi) is 7.59. The van der Waals surface area contributed by atoms with Crippen LogP contribution in [0.1, 0.15) is 23.0 Å². The number of aryl methyl sites for hydroxylation is 1. The summed E-state index contributed by atoms with van der Waals surface area (Å²) in [6, 6.07) is 11.7. The molecule has 0 aliphatic carbocycles. The maximum atomic E-state index is 13.7. The van der Waals surface area contributed by atoms with Crippen LogP contribution in [-0.4, -0.2) is 72.1 Å². The lowest BCUT2D eigenvalue weighted by molar-refractivity contribution is 0.0664. The van der Waals surface area contributed by atoms with Gasteiger partial charge in [0.05, 0.1) is 10.7 Å². The molecule has 1 aromatic heterocycles. The smallest absolute Gasteiger partial charge is 0.270 e. The van der Waals surface area contributed by atoms with E-state index in [9.17, 15) is 18.0 Å². The summed E-state index contributed by atoms with van der Waals surface area (Å²) in [6.07, 6.45) is 2.00. The summed E-state index contributed by atoms with van der Waals surface area (Å²) in [5.41, 5.74) is 3.01. The van der Waals surface area contributed by atoms with Crippen molar-refractivity contribution in [3.05, 3.63) is 82.4 Å². The van der Waals surface area contributed by atoms with Gasteiger partial charge < -0.3 is 19.3 Å². The van der Waals surface area contributed by atoms with Crippen molar-refractivity contribution in [3.63, 3.8) is 0 Å². The van der Waals surface area contributed by atoms with E-state index in [1.54, 1.807) is 9.80 Å². The number of amides is 1. The number of para-hydroxylation sites is 1. The number of hydrogen-bond acceptors (Lipinski definition) is 4. The molecule has 0 saturated carbocycles. The standard InChI is InChI=1S/C28H31ClF3N5O/c1-19-16-36(21-14-23(30)27(32)24(31)15-21)11-12-37(19)28(38)26-13-20(17-33(26)2)18-34-7-9-35(10-8-34)25-6-4-3-5-22(25)29/h3-6,13-15,17,19H,7-12,16,18H2,1-2H3/t19-/m0/s1. The molecule has 202 valence electrons. The second-order valence-electron chi connectivity index (χ2n) is 10.1. The number of carbonyl (C=O) groups is 1. The third kappa shape index (κ3) is 5.35. The largest absolute Gasteiger partial charge is 0.368 e. The van der Waals surface area contributed by atoms with E-state index >= 15 is 0 Å². The van der Waals surface area contributed by atoms with E-state index in [1.165, 1.54) is 0 Å². The predicted octanol–water partition coefficient (Wildman–Crippen LogP) is 4.77. The summed E-state index contributed by atoms with van der Waals surface area (Å²) in [5.74, 6) is -3.98. The number of nitrogens with zero attached hydrogens (tertiary/aromatic N) is 5. The van der Waals surface area contributed by atoms with Crippen molar-refractivity contribution in [3.8, 4) is 0 Å². The third-order valence-corrected chi connectivity index (χ3v) is 7.79. The maximum Gasteiger partial charge on any atom is 0.270 e. The Bertz CT molecular complexity index is 1300. The van der Waals surface area contributed by atoms with Gasteiger partial charge in [0.1, 0.15) is 5.69 Å². The van der Waals surface area contributed by atoms with Crippen molar-refractivity contribution in [1.29, 1.82) is 0 Å². The summed E-state index contributed by atoms with van der Waals surface area (Å²) < 4.78 is 42.7. The molecule has 2 aliphatic heterocycles. The molecule has 2 saturated heterocycles. The molecule has 0 N–H and O–H groups in total. The van der Waals surface area contributed by atoms with Crippen LogP contribution in [0.2, 0.25) is 5.02 Å². The molecule has 0 unspecified atom stereocenters. The molecule has 2 aliphatic rings. The van der Waals surface area contributed by atoms with Gasteiger partial charge in [-0.05, 0) is 30.7 Å². The zero-order chi connectivity index (χ0) is 27.0. The number of anilines is 2. The second kappa shape index (κ2) is 10.9. The summed E-state index contributed by atoms with van der Waals surface area (Å²) in [6.45, 7) is 7.39. The lowest BCUT2D eigenvalue weighted by Crippen LogP contribution is -2.54. The highest BCUT2D eigenvalue weighted by Crippen LogP contribution is 2.27. The first-order valence-corrected chi connectivity index (χ1v) is 13.2. The van der Waals surface area contributed by atoms with Crippen LogP contribution in [0, 0.1) is 17.5 Å². The number of halogens is 4. The van der Waals surface area contributed by atoms with Crippen molar-refractivity contribution in [2.45, 2.75) is 19.5 Å². The number of rotatable bonds is 5. The Balaban J connectivity index is 1.19. The lowest BCUT2D eigenvalue weighted by Gasteiger charge is -2.41. The van der Waals surface area contributed by atoms with Crippen LogP contribution in [0.25, 0.3) is 0 Å². The van der Waals surface area contributed by atoms with E-state index in [4.69, 9.17) is 11.6 Å². The Morgan fingerprint density at radius 1 is 0.947 bits per heavy atom. The number of carbonyl (C=O) groups excluding carboxylic acids is 1. The van der Waals surface area contributed by atoms with Gasteiger partial charge in [-0.3, -0.25) is 9.69 Å². The molecule has 38 heavy (non-hydrogen) atoms. The van der Waals surface area contributed by atoms with E-state index in [0.717, 1.165) is 61.1 Å². The van der Waals surface area contributed by atoms with Gasteiger partial charge in [-0.2, -0.15) is 0 Å². The molecule has 2 aromatic carbocycles. The summed E-state index contributed by atoms with van der Waals surface area (Å²) in [7, 11) is 1.87. The summed E-state index contributed by atoms with van der Waals surface area (Å²) in [4.78, 5) is 21.7. The van der Waals surface area contributed by atoms with Crippen molar-refractivity contribution in [1.82, 2.24) is 14.4 Å². The molecule has 3 aromatic rings. The Hall–Kier alpha value is -3.17. The fraction of sp³-hybridized carbons (Fsp3) is 0.393. The summed E-state index contributed by atoms with van der Waals surface area (Å²) >= 11 is 6.36. The molecule has 10 heteroatoms. The molecule has 0 bridgehead atoms. The molecule has 2 fully saturated rings. The Labute approximate surface area is 225 Å². The minimum atomic E-state index is -1.47. The van der Waals surface area contributed by atoms with E-state index in [2.05, 4.69) is 9.80 Å². The first-order chi connectivity index (χ1) is 18.2. The molecule has 3 heterocycles. The van der Waals surface area contributed by atoms with Gasteiger partial charge >= 0.3 is 0 Å². The van der Waals surface area contributed by atoms with E-state index in [0.29, 0.717) is 25.3 Å². The Morgan fingerprint density at radius 2 is 1.61 bits per heavy atom. The zero-order valence-corrected chi connectivity index (χ0v) is 22.3. The minimum absolute atomic E-state index is 0.0779. The lowest BCUT2D eigenvalue weighted by atomic mass is 10.1. The van der Waals surface area contributed by atoms with Gasteiger partial charge in [0.15, 0.2) is 17.5 Å². The third-order valence-electron chi connectivity index (χ3n) is 7.47. The first kappa shape index (κ1) is 26.4. The summed E-state index contributed by atoms with van der Waals surface area (Å²) in [5, 5.41) is 0.763. The molecule has 5 rings (SSSR count). The highest BCUT2D eigenvalue weighted by atomic mass is 35.5. The monoisotopic (exact) mass is 545 g/mol. The SMILES string of the molecule is C[C@H]1CN(c2cc(F)c(F)c(F)c2)CCN1C(=O)c1cc(CN2CCN(c3ccccc3Cl)CC2)cn1C. The second-order valence-corrected chi connectivity index (χ2v) is 10.5. The van der Waals surface area contributed by atoms with Gasteiger partial charge in [-0.1, -0.05) is 23.7 Å². The number of piperazine rings is 2. The van der Waals surface area contributed by atoms with E-state index in [-0.39, 0.29) is 17.6 Å². The van der Waals surface area contributed by atoms with Crippen LogP contribution in [0.5, 0.6) is 0 Å².